The number of ketones is 1. The number of non-ortho nitro benzene ring substituents is 2. The van der Waals surface area contributed by atoms with E-state index in [1.807, 2.05) is 0 Å². The number of hydrogen-bond donors (Lipinski definition) is 2. The van der Waals surface area contributed by atoms with Gasteiger partial charge in [-0.1, -0.05) is 0 Å². The molecule has 0 radical (unpaired) electrons. The summed E-state index contributed by atoms with van der Waals surface area (Å²) in [6.07, 6.45) is 0. The first-order chi connectivity index (χ1) is 17.6. The second-order valence-corrected chi connectivity index (χ2v) is 8.05. The van der Waals surface area contributed by atoms with Crippen molar-refractivity contribution in [3.8, 4) is 0 Å². The fraction of sp³-hybridized carbons (Fsp3) is 0.0800. The summed E-state index contributed by atoms with van der Waals surface area (Å²) in [5.41, 5.74) is 0.348. The van der Waals surface area contributed by atoms with Crippen LogP contribution in [0.1, 0.15) is 24.1 Å². The maximum Gasteiger partial charge on any atom is 0.300 e. The highest BCUT2D eigenvalue weighted by molar-refractivity contribution is 6.51. The van der Waals surface area contributed by atoms with Crippen LogP contribution in [0.5, 0.6) is 0 Å². The number of carbonyl (C=O) groups excluding carboxylic acids is 3. The smallest absolute Gasteiger partial charge is 0.300 e. The van der Waals surface area contributed by atoms with Crippen molar-refractivity contribution in [1.82, 2.24) is 0 Å². The number of hydrogen-bond acceptors (Lipinski definition) is 8. The number of nitrogens with zero attached hydrogens (tertiary/aromatic N) is 3. The lowest BCUT2D eigenvalue weighted by Crippen LogP contribution is -2.29. The van der Waals surface area contributed by atoms with E-state index in [1.165, 1.54) is 67.6 Å². The summed E-state index contributed by atoms with van der Waals surface area (Å²) < 4.78 is 0. The highest BCUT2D eigenvalue weighted by atomic mass is 16.6. The number of rotatable bonds is 6. The zero-order chi connectivity index (χ0) is 26.9. The molecule has 0 saturated carbocycles. The molecule has 12 heteroatoms. The van der Waals surface area contributed by atoms with Crippen molar-refractivity contribution < 1.29 is 29.3 Å². The summed E-state index contributed by atoms with van der Waals surface area (Å²) in [5, 5.41) is 35.8. The van der Waals surface area contributed by atoms with Gasteiger partial charge in [0.2, 0.25) is 5.91 Å². The molecular weight excluding hydrogens is 484 g/mol. The molecule has 0 spiro atoms. The minimum atomic E-state index is -1.16. The Morgan fingerprint density at radius 2 is 1.38 bits per heavy atom. The van der Waals surface area contributed by atoms with Gasteiger partial charge in [-0.25, -0.2) is 0 Å². The summed E-state index contributed by atoms with van der Waals surface area (Å²) in [4.78, 5) is 59.7. The fourth-order valence-electron chi connectivity index (χ4n) is 4.00. The monoisotopic (exact) mass is 502 g/mol. The molecule has 12 nitrogen and oxygen atoms in total. The Balaban J connectivity index is 1.87. The zero-order valence-electron chi connectivity index (χ0n) is 19.2. The molecule has 2 amide bonds. The number of Topliss-reactive ketones (excluding diaryl/α,β-unsaturated/α-hetero) is 1. The van der Waals surface area contributed by atoms with Crippen LogP contribution in [-0.4, -0.2) is 32.6 Å². The summed E-state index contributed by atoms with van der Waals surface area (Å²) in [7, 11) is 0. The summed E-state index contributed by atoms with van der Waals surface area (Å²) in [6.45, 7) is 1.33. The predicted octanol–water partition coefficient (Wildman–Crippen LogP) is 4.09. The van der Waals surface area contributed by atoms with Gasteiger partial charge < -0.3 is 10.4 Å². The maximum absolute atomic E-state index is 13.2. The number of aliphatic hydroxyl groups excluding tert-OH is 1. The van der Waals surface area contributed by atoms with Gasteiger partial charge in [0, 0.05) is 48.1 Å². The molecule has 1 aliphatic heterocycles. The number of carbonyl (C=O) groups is 3. The van der Waals surface area contributed by atoms with E-state index in [9.17, 15) is 39.7 Å². The Bertz CT molecular complexity index is 1460. The number of nitro benzene ring substituents is 2. The first-order valence-electron chi connectivity index (χ1n) is 10.8. The molecule has 3 aromatic carbocycles. The molecule has 3 aromatic rings. The third-order valence-corrected chi connectivity index (χ3v) is 5.68. The lowest BCUT2D eigenvalue weighted by atomic mass is 9.95. The third kappa shape index (κ3) is 4.75. The second-order valence-electron chi connectivity index (χ2n) is 8.05. The lowest BCUT2D eigenvalue weighted by Gasteiger charge is -2.25. The van der Waals surface area contributed by atoms with Gasteiger partial charge >= 0.3 is 0 Å². The zero-order valence-corrected chi connectivity index (χ0v) is 19.2. The first kappa shape index (κ1) is 24.7. The van der Waals surface area contributed by atoms with Crippen LogP contribution in [0.3, 0.4) is 0 Å². The van der Waals surface area contributed by atoms with Crippen molar-refractivity contribution in [2.45, 2.75) is 13.0 Å². The standard InChI is InChI=1S/C25H18N4O8/c1-14(30)26-17-6-12-18(13-7-17)27-22(15-2-8-19(9-3-15)28(34)35)21(24(32)25(27)33)23(31)16-4-10-20(11-5-16)29(36)37/h2-13,22,31H,1H3,(H,26,30)/b23-21-/t22-/m1/s1. The van der Waals surface area contributed by atoms with Crippen LogP contribution in [-0.2, 0) is 14.4 Å². The summed E-state index contributed by atoms with van der Waals surface area (Å²) in [5.74, 6) is -2.83. The molecule has 37 heavy (non-hydrogen) atoms. The lowest BCUT2D eigenvalue weighted by molar-refractivity contribution is -0.385. The van der Waals surface area contributed by atoms with Gasteiger partial charge in [0.25, 0.3) is 23.1 Å². The van der Waals surface area contributed by atoms with Crippen LogP contribution < -0.4 is 10.2 Å². The van der Waals surface area contributed by atoms with Gasteiger partial charge in [-0.3, -0.25) is 39.5 Å². The van der Waals surface area contributed by atoms with E-state index in [0.29, 0.717) is 11.3 Å². The first-order valence-corrected chi connectivity index (χ1v) is 10.8. The molecule has 1 saturated heterocycles. The number of amides is 2. The molecule has 0 aromatic heterocycles. The average molecular weight is 502 g/mol. The topological polar surface area (TPSA) is 173 Å². The SMILES string of the molecule is CC(=O)Nc1ccc(N2C(=O)C(=O)/C(=C(\O)c3ccc([N+](=O)[O-])cc3)[C@H]2c2ccc([N+](=O)[O-])cc2)cc1. The van der Waals surface area contributed by atoms with E-state index in [-0.39, 0.29) is 34.1 Å². The molecule has 0 bridgehead atoms. The van der Waals surface area contributed by atoms with E-state index < -0.39 is 33.3 Å². The Morgan fingerprint density at radius 3 is 1.86 bits per heavy atom. The Labute approximate surface area is 208 Å². The van der Waals surface area contributed by atoms with Crippen LogP contribution in [0, 0.1) is 20.2 Å². The molecule has 186 valence electrons. The van der Waals surface area contributed by atoms with E-state index >= 15 is 0 Å². The average Bonchev–Trinajstić information content (AvgIpc) is 3.14. The Hall–Kier alpha value is -5.39. The Morgan fingerprint density at radius 1 is 0.865 bits per heavy atom. The van der Waals surface area contributed by atoms with Crippen molar-refractivity contribution in [3.05, 3.63) is 110 Å². The molecule has 1 heterocycles. The second kappa shape index (κ2) is 9.70. The molecular formula is C25H18N4O8. The van der Waals surface area contributed by atoms with Crippen molar-refractivity contribution in [3.63, 3.8) is 0 Å². The summed E-state index contributed by atoms with van der Waals surface area (Å²) >= 11 is 0. The molecule has 0 aliphatic carbocycles. The molecule has 0 unspecified atom stereocenters. The van der Waals surface area contributed by atoms with Crippen molar-refractivity contribution in [2.24, 2.45) is 0 Å². The van der Waals surface area contributed by atoms with E-state index in [2.05, 4.69) is 5.32 Å². The molecule has 1 atom stereocenters. The minimum Gasteiger partial charge on any atom is -0.507 e. The molecule has 4 rings (SSSR count). The molecule has 1 fully saturated rings. The number of nitrogens with one attached hydrogen (secondary N) is 1. The number of nitro groups is 2. The molecule has 1 aliphatic rings. The quantitative estimate of drug-likeness (QED) is 0.167. The van der Waals surface area contributed by atoms with Gasteiger partial charge in [0.05, 0.1) is 21.5 Å². The number of anilines is 2. The largest absolute Gasteiger partial charge is 0.507 e. The van der Waals surface area contributed by atoms with Crippen LogP contribution in [0.15, 0.2) is 78.4 Å². The minimum absolute atomic E-state index is 0.0662. The highest BCUT2D eigenvalue weighted by Crippen LogP contribution is 2.42. The van der Waals surface area contributed by atoms with Crippen molar-refractivity contribution >= 4 is 46.1 Å². The van der Waals surface area contributed by atoms with Crippen molar-refractivity contribution in [2.75, 3.05) is 10.2 Å². The van der Waals surface area contributed by atoms with Crippen LogP contribution in [0.25, 0.3) is 5.76 Å². The third-order valence-electron chi connectivity index (χ3n) is 5.68. The predicted molar refractivity (Wildman–Crippen MR) is 132 cm³/mol. The van der Waals surface area contributed by atoms with Crippen LogP contribution in [0.2, 0.25) is 0 Å². The van der Waals surface area contributed by atoms with Crippen LogP contribution >= 0.6 is 0 Å². The maximum atomic E-state index is 13.2. The van der Waals surface area contributed by atoms with Gasteiger partial charge in [0.1, 0.15) is 5.76 Å². The fourth-order valence-corrected chi connectivity index (χ4v) is 4.00. The van der Waals surface area contributed by atoms with Crippen LogP contribution in [0.4, 0.5) is 22.7 Å². The number of benzene rings is 3. The highest BCUT2D eigenvalue weighted by Gasteiger charge is 2.47. The van der Waals surface area contributed by atoms with Crippen molar-refractivity contribution in [1.29, 1.82) is 0 Å². The van der Waals surface area contributed by atoms with Gasteiger partial charge in [-0.2, -0.15) is 0 Å². The van der Waals surface area contributed by atoms with Gasteiger partial charge in [0.15, 0.2) is 0 Å². The van der Waals surface area contributed by atoms with E-state index in [1.54, 1.807) is 0 Å². The Kier molecular flexibility index (Phi) is 6.48. The van der Waals surface area contributed by atoms with Gasteiger partial charge in [-0.15, -0.1) is 0 Å². The van der Waals surface area contributed by atoms with E-state index in [4.69, 9.17) is 0 Å². The normalized spacial score (nSPS) is 16.5. The van der Waals surface area contributed by atoms with E-state index in [0.717, 1.165) is 17.0 Å². The molecule has 2 N–H and O–H groups in total. The summed E-state index contributed by atoms with van der Waals surface area (Å²) in [6, 6.07) is 14.8. The van der Waals surface area contributed by atoms with Gasteiger partial charge in [-0.05, 0) is 54.1 Å². The number of aliphatic hydroxyl groups is 1.